The molecule has 1 nitrogen and oxygen atoms in total. The third-order valence-corrected chi connectivity index (χ3v) is 3.27. The molecule has 1 aromatic carbocycles. The monoisotopic (exact) mass is 253 g/mol. The number of rotatable bonds is 4. The summed E-state index contributed by atoms with van der Waals surface area (Å²) in [7, 11) is 0. The second-order valence-electron chi connectivity index (χ2n) is 5.88. The maximum atomic E-state index is 6.20. The summed E-state index contributed by atoms with van der Waals surface area (Å²) < 4.78 is 0. The van der Waals surface area contributed by atoms with Gasteiger partial charge in [0.05, 0.1) is 0 Å². The maximum Gasteiger partial charge on any atom is 0.0438 e. The van der Waals surface area contributed by atoms with Crippen LogP contribution in [0.25, 0.3) is 0 Å². The molecule has 0 aliphatic rings. The van der Waals surface area contributed by atoms with E-state index in [0.29, 0.717) is 11.5 Å². The molecule has 0 saturated carbocycles. The van der Waals surface area contributed by atoms with Gasteiger partial charge < -0.3 is 5.32 Å². The van der Waals surface area contributed by atoms with Gasteiger partial charge in [-0.3, -0.25) is 0 Å². The molecule has 0 amide bonds. The van der Waals surface area contributed by atoms with Gasteiger partial charge in [-0.25, -0.2) is 0 Å². The van der Waals surface area contributed by atoms with Crippen LogP contribution in [-0.2, 0) is 0 Å². The smallest absolute Gasteiger partial charge is 0.0438 e. The molecule has 0 spiro atoms. The Kier molecular flexibility index (Phi) is 5.03. The lowest BCUT2D eigenvalue weighted by Gasteiger charge is -2.27. The van der Waals surface area contributed by atoms with E-state index in [9.17, 15) is 0 Å². The van der Waals surface area contributed by atoms with Crippen LogP contribution in [-0.4, -0.2) is 6.54 Å². The van der Waals surface area contributed by atoms with E-state index in [0.717, 1.165) is 23.6 Å². The highest BCUT2D eigenvalue weighted by Gasteiger charge is 2.19. The van der Waals surface area contributed by atoms with E-state index < -0.39 is 0 Å². The Morgan fingerprint density at radius 3 is 2.41 bits per heavy atom. The van der Waals surface area contributed by atoms with Gasteiger partial charge in [-0.15, -0.1) is 0 Å². The first-order valence-electron chi connectivity index (χ1n) is 6.33. The van der Waals surface area contributed by atoms with Gasteiger partial charge in [0.1, 0.15) is 0 Å². The highest BCUT2D eigenvalue weighted by atomic mass is 35.5. The molecule has 1 N–H and O–H groups in total. The summed E-state index contributed by atoms with van der Waals surface area (Å²) in [6.07, 6.45) is 1.11. The van der Waals surface area contributed by atoms with Crippen LogP contribution in [0.15, 0.2) is 18.2 Å². The summed E-state index contributed by atoms with van der Waals surface area (Å²) >= 11 is 6.20. The van der Waals surface area contributed by atoms with E-state index in [2.05, 4.69) is 51.2 Å². The van der Waals surface area contributed by atoms with E-state index in [1.807, 2.05) is 6.92 Å². The SMILES string of the molecule is CCNC(CC(C)(C)C)c1ccc(C)c(Cl)c1. The van der Waals surface area contributed by atoms with Crippen molar-refractivity contribution in [1.82, 2.24) is 5.32 Å². The highest BCUT2D eigenvalue weighted by Crippen LogP contribution is 2.31. The first-order chi connectivity index (χ1) is 7.83. The molecule has 0 radical (unpaired) electrons. The third kappa shape index (κ3) is 4.69. The van der Waals surface area contributed by atoms with E-state index >= 15 is 0 Å². The second kappa shape index (κ2) is 5.88. The van der Waals surface area contributed by atoms with Crippen LogP contribution in [0.3, 0.4) is 0 Å². The van der Waals surface area contributed by atoms with Crippen molar-refractivity contribution in [2.75, 3.05) is 6.54 Å². The van der Waals surface area contributed by atoms with Gasteiger partial charge in [-0.05, 0) is 42.5 Å². The van der Waals surface area contributed by atoms with Crippen LogP contribution in [0, 0.1) is 12.3 Å². The molecule has 1 aromatic rings. The molecule has 0 aliphatic heterocycles. The molecule has 0 aliphatic carbocycles. The average Bonchev–Trinajstić information content (AvgIpc) is 2.19. The fourth-order valence-electron chi connectivity index (χ4n) is 1.99. The molecule has 0 saturated heterocycles. The van der Waals surface area contributed by atoms with Gasteiger partial charge in [0.2, 0.25) is 0 Å². The zero-order valence-corrected chi connectivity index (χ0v) is 12.4. The lowest BCUT2D eigenvalue weighted by atomic mass is 9.85. The van der Waals surface area contributed by atoms with Crippen molar-refractivity contribution in [1.29, 1.82) is 0 Å². The third-order valence-electron chi connectivity index (χ3n) is 2.87. The molecule has 17 heavy (non-hydrogen) atoms. The van der Waals surface area contributed by atoms with Crippen molar-refractivity contribution < 1.29 is 0 Å². The summed E-state index contributed by atoms with van der Waals surface area (Å²) in [5, 5.41) is 4.40. The number of nitrogens with one attached hydrogen (secondary N) is 1. The van der Waals surface area contributed by atoms with Crippen LogP contribution in [0.1, 0.15) is 51.3 Å². The summed E-state index contributed by atoms with van der Waals surface area (Å²) in [5.41, 5.74) is 2.74. The van der Waals surface area contributed by atoms with Crippen LogP contribution in [0.4, 0.5) is 0 Å². The minimum absolute atomic E-state index is 0.310. The van der Waals surface area contributed by atoms with Gasteiger partial charge in [-0.2, -0.15) is 0 Å². The molecule has 1 unspecified atom stereocenters. The molecule has 0 aromatic heterocycles. The van der Waals surface area contributed by atoms with Crippen LogP contribution in [0.2, 0.25) is 5.02 Å². The van der Waals surface area contributed by atoms with Crippen molar-refractivity contribution in [2.24, 2.45) is 5.41 Å². The van der Waals surface area contributed by atoms with Crippen molar-refractivity contribution >= 4 is 11.6 Å². The van der Waals surface area contributed by atoms with Crippen molar-refractivity contribution in [3.63, 3.8) is 0 Å². The lowest BCUT2D eigenvalue weighted by Crippen LogP contribution is -2.25. The molecular weight excluding hydrogens is 230 g/mol. The number of halogens is 1. The summed E-state index contributed by atoms with van der Waals surface area (Å²) in [4.78, 5) is 0. The molecule has 1 atom stereocenters. The minimum Gasteiger partial charge on any atom is -0.310 e. The molecule has 96 valence electrons. The quantitative estimate of drug-likeness (QED) is 0.818. The van der Waals surface area contributed by atoms with Gasteiger partial charge in [0.25, 0.3) is 0 Å². The van der Waals surface area contributed by atoms with Gasteiger partial charge in [-0.1, -0.05) is 51.4 Å². The Hall–Kier alpha value is -0.530. The molecule has 2 heteroatoms. The number of benzene rings is 1. The Bertz CT molecular complexity index is 366. The molecule has 0 bridgehead atoms. The van der Waals surface area contributed by atoms with E-state index in [1.165, 1.54) is 5.56 Å². The first-order valence-corrected chi connectivity index (χ1v) is 6.70. The van der Waals surface area contributed by atoms with Crippen LogP contribution in [0.5, 0.6) is 0 Å². The summed E-state index contributed by atoms with van der Waals surface area (Å²) in [5.74, 6) is 0. The topological polar surface area (TPSA) is 12.0 Å². The zero-order chi connectivity index (χ0) is 13.1. The Balaban J connectivity index is 2.93. The Labute approximate surface area is 111 Å². The number of hydrogen-bond donors (Lipinski definition) is 1. The fourth-order valence-corrected chi connectivity index (χ4v) is 2.18. The highest BCUT2D eigenvalue weighted by molar-refractivity contribution is 6.31. The zero-order valence-electron chi connectivity index (χ0n) is 11.6. The van der Waals surface area contributed by atoms with Gasteiger partial charge in [0.15, 0.2) is 0 Å². The Morgan fingerprint density at radius 1 is 1.29 bits per heavy atom. The van der Waals surface area contributed by atoms with Gasteiger partial charge in [0, 0.05) is 11.1 Å². The van der Waals surface area contributed by atoms with E-state index in [1.54, 1.807) is 0 Å². The predicted molar refractivity (Wildman–Crippen MR) is 76.7 cm³/mol. The molecule has 1 rings (SSSR count). The normalized spacial score (nSPS) is 13.8. The van der Waals surface area contributed by atoms with Crippen molar-refractivity contribution in [2.45, 2.75) is 47.1 Å². The van der Waals surface area contributed by atoms with Gasteiger partial charge >= 0.3 is 0 Å². The first kappa shape index (κ1) is 14.5. The average molecular weight is 254 g/mol. The van der Waals surface area contributed by atoms with E-state index in [4.69, 9.17) is 11.6 Å². The Morgan fingerprint density at radius 2 is 1.94 bits per heavy atom. The molecule has 0 fully saturated rings. The minimum atomic E-state index is 0.310. The summed E-state index contributed by atoms with van der Waals surface area (Å²) in [6, 6.07) is 6.76. The fraction of sp³-hybridized carbons (Fsp3) is 0.600. The maximum absolute atomic E-state index is 6.20. The van der Waals surface area contributed by atoms with Crippen molar-refractivity contribution in [3.05, 3.63) is 34.3 Å². The van der Waals surface area contributed by atoms with Crippen LogP contribution >= 0.6 is 11.6 Å². The largest absolute Gasteiger partial charge is 0.310 e. The van der Waals surface area contributed by atoms with Crippen molar-refractivity contribution in [3.8, 4) is 0 Å². The van der Waals surface area contributed by atoms with E-state index in [-0.39, 0.29) is 0 Å². The number of hydrogen-bond acceptors (Lipinski definition) is 1. The molecule has 0 heterocycles. The predicted octanol–water partition coefficient (Wildman–Crippen LogP) is 4.74. The lowest BCUT2D eigenvalue weighted by molar-refractivity contribution is 0.314. The van der Waals surface area contributed by atoms with Crippen LogP contribution < -0.4 is 5.32 Å². The summed E-state index contributed by atoms with van der Waals surface area (Å²) in [6.45, 7) is 12.0. The standard InChI is InChI=1S/C15H24ClN/c1-6-17-14(10-15(3,4)5)12-8-7-11(2)13(16)9-12/h7-9,14,17H,6,10H2,1-5H3. The second-order valence-corrected chi connectivity index (χ2v) is 6.29. The number of aryl methyl sites for hydroxylation is 1. The molecular formula is C15H24ClN.